The molecule has 146 valence electrons. The summed E-state index contributed by atoms with van der Waals surface area (Å²) in [5, 5.41) is 16.9. The number of hydrogen-bond donors (Lipinski definition) is 2. The van der Waals surface area contributed by atoms with Crippen LogP contribution in [0.1, 0.15) is 36.5 Å². The van der Waals surface area contributed by atoms with E-state index in [1.807, 2.05) is 6.07 Å². The summed E-state index contributed by atoms with van der Waals surface area (Å²) in [5.41, 5.74) is 2.61. The number of amides is 1. The summed E-state index contributed by atoms with van der Waals surface area (Å²) >= 11 is 5.95. The summed E-state index contributed by atoms with van der Waals surface area (Å²) < 4.78 is 1.73. The number of aliphatic hydroxyl groups is 1. The van der Waals surface area contributed by atoms with Gasteiger partial charge in [0.25, 0.3) is 5.91 Å². The van der Waals surface area contributed by atoms with Gasteiger partial charge in [0.05, 0.1) is 23.0 Å². The Kier molecular flexibility index (Phi) is 6.38. The van der Waals surface area contributed by atoms with E-state index in [9.17, 15) is 9.90 Å². The van der Waals surface area contributed by atoms with Crippen LogP contribution in [-0.4, -0.2) is 43.4 Å². The van der Waals surface area contributed by atoms with Crippen LogP contribution < -0.4 is 5.32 Å². The molecule has 0 aliphatic rings. The molecule has 0 spiro atoms. The molecule has 0 fully saturated rings. The smallest absolute Gasteiger partial charge is 0.251 e. The zero-order chi connectivity index (χ0) is 20.1. The number of benzene rings is 1. The lowest BCUT2D eigenvalue weighted by molar-refractivity contribution is 0.0922. The number of aryl methyl sites for hydroxylation is 1. The lowest BCUT2D eigenvalue weighted by atomic mass is 10.0. The molecular formula is C20H22ClN5O2. The van der Waals surface area contributed by atoms with Crippen LogP contribution >= 0.6 is 11.6 Å². The van der Waals surface area contributed by atoms with Crippen LogP contribution in [0.15, 0.2) is 42.9 Å². The Morgan fingerprint density at radius 1 is 1.29 bits per heavy atom. The second-order valence-corrected chi connectivity index (χ2v) is 6.96. The fraction of sp³-hybridized carbons (Fsp3) is 0.300. The molecule has 0 radical (unpaired) electrons. The van der Waals surface area contributed by atoms with Crippen LogP contribution in [0.3, 0.4) is 0 Å². The quantitative estimate of drug-likeness (QED) is 0.637. The van der Waals surface area contributed by atoms with Gasteiger partial charge < -0.3 is 10.4 Å². The molecule has 0 aliphatic heterocycles. The molecule has 0 bridgehead atoms. The van der Waals surface area contributed by atoms with E-state index in [-0.39, 0.29) is 18.6 Å². The van der Waals surface area contributed by atoms with Crippen LogP contribution in [0, 0.1) is 0 Å². The van der Waals surface area contributed by atoms with Gasteiger partial charge >= 0.3 is 0 Å². The average Bonchev–Trinajstić information content (AvgIpc) is 3.16. The molecule has 2 N–H and O–H groups in total. The SMILES string of the molecule is CCCc1ncnn1-c1cc(C(=O)N[C@@H](C)CO)cc(-c2ccc(Cl)cn2)c1. The van der Waals surface area contributed by atoms with Gasteiger partial charge in [0, 0.05) is 29.8 Å². The van der Waals surface area contributed by atoms with E-state index in [0.29, 0.717) is 16.3 Å². The molecule has 3 rings (SSSR count). The third kappa shape index (κ3) is 4.55. The van der Waals surface area contributed by atoms with Crippen molar-refractivity contribution in [2.45, 2.75) is 32.7 Å². The van der Waals surface area contributed by atoms with E-state index in [2.05, 4.69) is 27.3 Å². The van der Waals surface area contributed by atoms with Gasteiger partial charge in [-0.15, -0.1) is 0 Å². The first kappa shape index (κ1) is 20.0. The first-order valence-electron chi connectivity index (χ1n) is 9.09. The van der Waals surface area contributed by atoms with Gasteiger partial charge in [0.15, 0.2) is 0 Å². The summed E-state index contributed by atoms with van der Waals surface area (Å²) in [6, 6.07) is 8.63. The van der Waals surface area contributed by atoms with Crippen molar-refractivity contribution in [3.8, 4) is 16.9 Å². The van der Waals surface area contributed by atoms with Crippen molar-refractivity contribution >= 4 is 17.5 Å². The number of aromatic nitrogens is 4. The molecule has 1 atom stereocenters. The van der Waals surface area contributed by atoms with Crippen molar-refractivity contribution in [1.29, 1.82) is 0 Å². The minimum absolute atomic E-state index is 0.138. The third-order valence-corrected chi connectivity index (χ3v) is 4.41. The molecular weight excluding hydrogens is 378 g/mol. The summed E-state index contributed by atoms with van der Waals surface area (Å²) in [7, 11) is 0. The van der Waals surface area contributed by atoms with E-state index >= 15 is 0 Å². The Hall–Kier alpha value is -2.77. The zero-order valence-corrected chi connectivity index (χ0v) is 16.5. The second kappa shape index (κ2) is 8.95. The van der Waals surface area contributed by atoms with Crippen molar-refractivity contribution in [3.05, 3.63) is 59.3 Å². The standard InChI is InChI=1S/C20H22ClN5O2/c1-3-4-19-23-12-24-26(19)17-8-14(18-6-5-16(21)10-22-18)7-15(9-17)20(28)25-13(2)11-27/h5-10,12-13,27H,3-4,11H2,1-2H3,(H,25,28)/t13-/m0/s1. The first-order valence-corrected chi connectivity index (χ1v) is 9.47. The molecule has 3 aromatic rings. The molecule has 7 nitrogen and oxygen atoms in total. The highest BCUT2D eigenvalue weighted by Crippen LogP contribution is 2.24. The minimum Gasteiger partial charge on any atom is -0.394 e. The Bertz CT molecular complexity index is 955. The van der Waals surface area contributed by atoms with E-state index in [0.717, 1.165) is 29.9 Å². The van der Waals surface area contributed by atoms with Gasteiger partial charge in [-0.05, 0) is 43.7 Å². The van der Waals surface area contributed by atoms with Gasteiger partial charge in [0.2, 0.25) is 0 Å². The maximum Gasteiger partial charge on any atom is 0.251 e. The van der Waals surface area contributed by atoms with E-state index in [1.54, 1.807) is 42.1 Å². The average molecular weight is 400 g/mol. The van der Waals surface area contributed by atoms with Gasteiger partial charge in [-0.25, -0.2) is 9.67 Å². The van der Waals surface area contributed by atoms with E-state index in [4.69, 9.17) is 11.6 Å². The summed E-state index contributed by atoms with van der Waals surface area (Å²) in [6.45, 7) is 3.67. The second-order valence-electron chi connectivity index (χ2n) is 6.53. The Labute approximate surface area is 168 Å². The summed E-state index contributed by atoms with van der Waals surface area (Å²) in [6.07, 6.45) is 4.77. The summed E-state index contributed by atoms with van der Waals surface area (Å²) in [4.78, 5) is 21.4. The van der Waals surface area contributed by atoms with Crippen molar-refractivity contribution in [2.24, 2.45) is 0 Å². The predicted octanol–water partition coefficient (Wildman–Crippen LogP) is 3.05. The fourth-order valence-electron chi connectivity index (χ4n) is 2.79. The molecule has 0 aliphatic carbocycles. The number of rotatable bonds is 7. The van der Waals surface area contributed by atoms with Crippen LogP contribution in [0.2, 0.25) is 5.02 Å². The third-order valence-electron chi connectivity index (χ3n) is 4.19. The fourth-order valence-corrected chi connectivity index (χ4v) is 2.90. The molecule has 2 aromatic heterocycles. The highest BCUT2D eigenvalue weighted by molar-refractivity contribution is 6.30. The monoisotopic (exact) mass is 399 g/mol. The van der Waals surface area contributed by atoms with Crippen molar-refractivity contribution in [1.82, 2.24) is 25.1 Å². The molecule has 28 heavy (non-hydrogen) atoms. The Morgan fingerprint density at radius 2 is 2.11 bits per heavy atom. The maximum absolute atomic E-state index is 12.7. The Morgan fingerprint density at radius 3 is 2.79 bits per heavy atom. The zero-order valence-electron chi connectivity index (χ0n) is 15.8. The number of pyridine rings is 1. The summed E-state index contributed by atoms with van der Waals surface area (Å²) in [5.74, 6) is 0.537. The van der Waals surface area contributed by atoms with Gasteiger partial charge in [0.1, 0.15) is 12.2 Å². The number of carbonyl (C=O) groups is 1. The van der Waals surface area contributed by atoms with Gasteiger partial charge in [-0.2, -0.15) is 5.10 Å². The number of carbonyl (C=O) groups excluding carboxylic acids is 1. The largest absolute Gasteiger partial charge is 0.394 e. The minimum atomic E-state index is -0.352. The number of aliphatic hydroxyl groups excluding tert-OH is 1. The maximum atomic E-state index is 12.7. The number of hydrogen-bond acceptors (Lipinski definition) is 5. The highest BCUT2D eigenvalue weighted by Gasteiger charge is 2.15. The van der Waals surface area contributed by atoms with Crippen LogP contribution in [0.5, 0.6) is 0 Å². The highest BCUT2D eigenvalue weighted by atomic mass is 35.5. The Balaban J connectivity index is 2.09. The molecule has 2 heterocycles. The topological polar surface area (TPSA) is 92.9 Å². The molecule has 8 heteroatoms. The number of nitrogens with zero attached hydrogens (tertiary/aromatic N) is 4. The van der Waals surface area contributed by atoms with E-state index < -0.39 is 0 Å². The number of nitrogens with one attached hydrogen (secondary N) is 1. The molecule has 1 amide bonds. The predicted molar refractivity (Wildman–Crippen MR) is 108 cm³/mol. The molecule has 1 aromatic carbocycles. The lowest BCUT2D eigenvalue weighted by Gasteiger charge is -2.14. The van der Waals surface area contributed by atoms with Crippen LogP contribution in [0.4, 0.5) is 0 Å². The van der Waals surface area contributed by atoms with Gasteiger partial charge in [-0.3, -0.25) is 9.78 Å². The van der Waals surface area contributed by atoms with Crippen molar-refractivity contribution in [2.75, 3.05) is 6.61 Å². The van der Waals surface area contributed by atoms with Crippen LogP contribution in [0.25, 0.3) is 16.9 Å². The lowest BCUT2D eigenvalue weighted by Crippen LogP contribution is -2.35. The van der Waals surface area contributed by atoms with Crippen molar-refractivity contribution < 1.29 is 9.90 Å². The molecule has 0 saturated heterocycles. The van der Waals surface area contributed by atoms with Crippen LogP contribution in [-0.2, 0) is 6.42 Å². The molecule has 0 unspecified atom stereocenters. The van der Waals surface area contributed by atoms with E-state index in [1.165, 1.54) is 6.33 Å². The normalized spacial score (nSPS) is 12.0. The van der Waals surface area contributed by atoms with Gasteiger partial charge in [-0.1, -0.05) is 18.5 Å². The first-order chi connectivity index (χ1) is 13.5. The number of halogens is 1. The molecule has 0 saturated carbocycles. The van der Waals surface area contributed by atoms with Crippen molar-refractivity contribution in [3.63, 3.8) is 0 Å².